The second-order valence-electron chi connectivity index (χ2n) is 4.51. The van der Waals surface area contributed by atoms with E-state index in [-0.39, 0.29) is 5.69 Å². The fraction of sp³-hybridized carbons (Fsp3) is 0.133. The van der Waals surface area contributed by atoms with Crippen LogP contribution in [0.3, 0.4) is 0 Å². The van der Waals surface area contributed by atoms with Crippen LogP contribution in [0.4, 0.5) is 23.7 Å². The van der Waals surface area contributed by atoms with Crippen molar-refractivity contribution in [2.45, 2.75) is 18.0 Å². The maximum Gasteiger partial charge on any atom is 0.418 e. The molecule has 0 radical (unpaired) electrons. The van der Waals surface area contributed by atoms with Crippen molar-refractivity contribution >= 4 is 23.7 Å². The van der Waals surface area contributed by atoms with E-state index in [0.717, 1.165) is 28.5 Å². The highest BCUT2D eigenvalue weighted by Gasteiger charge is 2.33. The molecule has 2 aromatic carbocycles. The molecule has 0 fully saturated rings. The summed E-state index contributed by atoms with van der Waals surface area (Å²) in [7, 11) is 0. The average Bonchev–Trinajstić information content (AvgIpc) is 2.46. The minimum atomic E-state index is -4.52. The van der Waals surface area contributed by atoms with Crippen LogP contribution in [0.15, 0.2) is 53.4 Å². The molecule has 22 heavy (non-hydrogen) atoms. The lowest BCUT2D eigenvalue weighted by molar-refractivity contribution is -0.136. The van der Waals surface area contributed by atoms with Crippen molar-refractivity contribution in [2.75, 3.05) is 5.32 Å². The smallest absolute Gasteiger partial charge is 0.307 e. The van der Waals surface area contributed by atoms with Crippen LogP contribution in [0.25, 0.3) is 0 Å². The third kappa shape index (κ3) is 4.42. The molecule has 0 aromatic heterocycles. The van der Waals surface area contributed by atoms with Crippen molar-refractivity contribution < 1.29 is 18.0 Å². The number of hydrogen-bond acceptors (Lipinski definition) is 2. The molecular formula is C15H13F3N2OS. The van der Waals surface area contributed by atoms with Crippen molar-refractivity contribution in [2.24, 2.45) is 0 Å². The molecule has 0 saturated carbocycles. The van der Waals surface area contributed by atoms with Crippen LogP contribution in [0.1, 0.15) is 11.1 Å². The van der Waals surface area contributed by atoms with Crippen LogP contribution in [0.2, 0.25) is 0 Å². The Hall–Kier alpha value is -2.15. The summed E-state index contributed by atoms with van der Waals surface area (Å²) in [5, 5.41) is 2.21. The highest BCUT2D eigenvalue weighted by molar-refractivity contribution is 7.98. The van der Waals surface area contributed by atoms with Crippen LogP contribution in [-0.4, -0.2) is 6.03 Å². The van der Waals surface area contributed by atoms with Gasteiger partial charge in [-0.15, -0.1) is 0 Å². The number of anilines is 1. The fourth-order valence-electron chi connectivity index (χ4n) is 1.70. The van der Waals surface area contributed by atoms with Gasteiger partial charge in [-0.3, -0.25) is 4.72 Å². The maximum absolute atomic E-state index is 12.8. The lowest BCUT2D eigenvalue weighted by Crippen LogP contribution is -2.24. The number of hydrogen-bond donors (Lipinski definition) is 2. The Balaban J connectivity index is 1.99. The predicted molar refractivity (Wildman–Crippen MR) is 80.6 cm³/mol. The molecule has 0 heterocycles. The maximum atomic E-state index is 12.8. The number of benzene rings is 2. The van der Waals surface area contributed by atoms with E-state index >= 15 is 0 Å². The van der Waals surface area contributed by atoms with Gasteiger partial charge < -0.3 is 5.32 Å². The quantitative estimate of drug-likeness (QED) is 0.792. The molecule has 2 N–H and O–H groups in total. The number of para-hydroxylation sites is 1. The number of aryl methyl sites for hydroxylation is 1. The highest BCUT2D eigenvalue weighted by Crippen LogP contribution is 2.34. The van der Waals surface area contributed by atoms with Crippen LogP contribution < -0.4 is 10.0 Å². The molecule has 0 aliphatic heterocycles. The molecular weight excluding hydrogens is 313 g/mol. The fourth-order valence-corrected chi connectivity index (χ4v) is 2.23. The van der Waals surface area contributed by atoms with Crippen LogP contribution >= 0.6 is 11.9 Å². The zero-order valence-electron chi connectivity index (χ0n) is 11.6. The van der Waals surface area contributed by atoms with Gasteiger partial charge in [0.05, 0.1) is 11.3 Å². The third-order valence-corrected chi connectivity index (χ3v) is 3.56. The third-order valence-electron chi connectivity index (χ3n) is 2.76. The van der Waals surface area contributed by atoms with Gasteiger partial charge in [0.15, 0.2) is 0 Å². The Morgan fingerprint density at radius 3 is 2.32 bits per heavy atom. The summed E-state index contributed by atoms with van der Waals surface area (Å²) < 4.78 is 40.9. The molecule has 0 spiro atoms. The van der Waals surface area contributed by atoms with Gasteiger partial charge in [-0.25, -0.2) is 4.79 Å². The molecule has 116 valence electrons. The summed E-state index contributed by atoms with van der Waals surface area (Å²) in [6.45, 7) is 1.93. The lowest BCUT2D eigenvalue weighted by Gasteiger charge is -2.13. The second kappa shape index (κ2) is 6.74. The van der Waals surface area contributed by atoms with E-state index in [1.807, 2.05) is 31.2 Å². The second-order valence-corrected chi connectivity index (χ2v) is 5.39. The van der Waals surface area contributed by atoms with E-state index < -0.39 is 17.8 Å². The predicted octanol–water partition coefficient (Wildman–Crippen LogP) is 4.84. The largest absolute Gasteiger partial charge is 0.418 e. The van der Waals surface area contributed by atoms with Crippen molar-refractivity contribution in [3.63, 3.8) is 0 Å². The van der Waals surface area contributed by atoms with Crippen LogP contribution in [0, 0.1) is 6.92 Å². The Bertz CT molecular complexity index is 657. The molecule has 3 nitrogen and oxygen atoms in total. The van der Waals surface area contributed by atoms with E-state index in [2.05, 4.69) is 10.0 Å². The van der Waals surface area contributed by atoms with Gasteiger partial charge in [-0.2, -0.15) is 13.2 Å². The molecule has 2 amide bonds. The minimum absolute atomic E-state index is 0.281. The monoisotopic (exact) mass is 326 g/mol. The average molecular weight is 326 g/mol. The first-order chi connectivity index (χ1) is 10.4. The zero-order chi connectivity index (χ0) is 16.2. The first-order valence-corrected chi connectivity index (χ1v) is 7.14. The van der Waals surface area contributed by atoms with Crippen molar-refractivity contribution in [3.8, 4) is 0 Å². The topological polar surface area (TPSA) is 41.1 Å². The first-order valence-electron chi connectivity index (χ1n) is 6.33. The Kier molecular flexibility index (Phi) is 4.97. The van der Waals surface area contributed by atoms with Crippen LogP contribution in [0.5, 0.6) is 0 Å². The van der Waals surface area contributed by atoms with Gasteiger partial charge in [0.2, 0.25) is 0 Å². The molecule has 0 aliphatic carbocycles. The molecule has 2 rings (SSSR count). The number of rotatable bonds is 3. The Labute approximate surface area is 130 Å². The number of urea groups is 1. The molecule has 0 bridgehead atoms. The highest BCUT2D eigenvalue weighted by atomic mass is 32.2. The van der Waals surface area contributed by atoms with E-state index in [1.165, 1.54) is 18.2 Å². The van der Waals surface area contributed by atoms with Gasteiger partial charge >= 0.3 is 12.2 Å². The van der Waals surface area contributed by atoms with E-state index in [0.29, 0.717) is 0 Å². The van der Waals surface area contributed by atoms with Gasteiger partial charge in [-0.1, -0.05) is 29.8 Å². The first kappa shape index (κ1) is 16.2. The van der Waals surface area contributed by atoms with Gasteiger partial charge in [0.1, 0.15) is 0 Å². The lowest BCUT2D eigenvalue weighted by atomic mass is 10.2. The summed E-state index contributed by atoms with van der Waals surface area (Å²) in [5.41, 5.74) is -0.0876. The number of alkyl halides is 3. The zero-order valence-corrected chi connectivity index (χ0v) is 12.4. The number of amides is 2. The van der Waals surface area contributed by atoms with E-state index in [9.17, 15) is 18.0 Å². The number of halogens is 3. The van der Waals surface area contributed by atoms with Crippen molar-refractivity contribution in [1.82, 2.24) is 4.72 Å². The molecule has 0 unspecified atom stereocenters. The van der Waals surface area contributed by atoms with Crippen molar-refractivity contribution in [3.05, 3.63) is 59.7 Å². The Morgan fingerprint density at radius 2 is 1.68 bits per heavy atom. The van der Waals surface area contributed by atoms with E-state index in [1.54, 1.807) is 0 Å². The summed E-state index contributed by atoms with van der Waals surface area (Å²) in [5.74, 6) is 0. The van der Waals surface area contributed by atoms with Crippen LogP contribution in [-0.2, 0) is 6.18 Å². The van der Waals surface area contributed by atoms with Gasteiger partial charge in [-0.05, 0) is 43.1 Å². The number of carbonyl (C=O) groups excluding carboxylic acids is 1. The summed E-state index contributed by atoms with van der Waals surface area (Å²) in [6, 6.07) is 11.5. The van der Waals surface area contributed by atoms with Crippen molar-refractivity contribution in [1.29, 1.82) is 0 Å². The summed E-state index contributed by atoms with van der Waals surface area (Å²) in [6.07, 6.45) is -4.52. The standard InChI is InChI=1S/C15H13F3N2OS/c1-10-6-8-11(9-7-10)22-20-14(21)19-13-5-3-2-4-12(13)15(16,17)18/h2-9H,1H3,(H2,19,20,21). The molecule has 2 aromatic rings. The number of carbonyl (C=O) groups is 1. The summed E-state index contributed by atoms with van der Waals surface area (Å²) in [4.78, 5) is 12.5. The van der Waals surface area contributed by atoms with Gasteiger partial charge in [0, 0.05) is 4.90 Å². The number of nitrogens with one attached hydrogen (secondary N) is 2. The molecule has 0 aliphatic rings. The molecule has 7 heteroatoms. The van der Waals surface area contributed by atoms with Gasteiger partial charge in [0.25, 0.3) is 0 Å². The van der Waals surface area contributed by atoms with E-state index in [4.69, 9.17) is 0 Å². The summed E-state index contributed by atoms with van der Waals surface area (Å²) >= 11 is 1.03. The minimum Gasteiger partial charge on any atom is -0.307 e. The molecule has 0 saturated heterocycles. The Morgan fingerprint density at radius 1 is 1.05 bits per heavy atom. The molecule has 0 atom stereocenters. The normalized spacial score (nSPS) is 11.1. The SMILES string of the molecule is Cc1ccc(SNC(=O)Nc2ccccc2C(F)(F)F)cc1.